The van der Waals surface area contributed by atoms with Crippen molar-refractivity contribution in [3.63, 3.8) is 0 Å². The number of carbonyl (C=O) groups excluding carboxylic acids is 1. The highest BCUT2D eigenvalue weighted by Crippen LogP contribution is 2.14. The van der Waals surface area contributed by atoms with Crippen molar-refractivity contribution >= 4 is 6.29 Å². The van der Waals surface area contributed by atoms with Gasteiger partial charge in [-0.05, 0) is 0 Å². The molecule has 0 unspecified atom stereocenters. The first-order valence-corrected chi connectivity index (χ1v) is 3.04. The van der Waals surface area contributed by atoms with Crippen LogP contribution in [0.4, 0.5) is 0 Å². The Kier molecular flexibility index (Phi) is 2.06. The molecule has 0 aromatic carbocycles. The number of aromatic nitrogens is 2. The van der Waals surface area contributed by atoms with Crippen LogP contribution in [0.3, 0.4) is 0 Å². The Morgan fingerprint density at radius 2 is 2.55 bits per heavy atom. The average Bonchev–Trinajstić information content (AvgIpc) is 2.33. The summed E-state index contributed by atoms with van der Waals surface area (Å²) < 4.78 is 0. The van der Waals surface area contributed by atoms with Gasteiger partial charge in [-0.3, -0.25) is 4.79 Å². The first-order valence-electron chi connectivity index (χ1n) is 3.04. The van der Waals surface area contributed by atoms with Gasteiger partial charge in [0.15, 0.2) is 0 Å². The normalized spacial score (nSPS) is 9.45. The summed E-state index contributed by atoms with van der Waals surface area (Å²) in [6, 6.07) is 0. The van der Waals surface area contributed by atoms with Crippen LogP contribution in [0.5, 0.6) is 5.88 Å². The lowest BCUT2D eigenvalue weighted by Crippen LogP contribution is -1.87. The Morgan fingerprint density at radius 1 is 1.82 bits per heavy atom. The Hall–Kier alpha value is -1.58. The minimum atomic E-state index is -0.239. The number of nitrogens with zero attached hydrogens (tertiary/aromatic N) is 1. The van der Waals surface area contributed by atoms with E-state index in [0.717, 1.165) is 0 Å². The number of rotatable bonds is 3. The van der Waals surface area contributed by atoms with Crippen LogP contribution < -0.4 is 0 Å². The average molecular weight is 151 g/mol. The van der Waals surface area contributed by atoms with Crippen LogP contribution in [-0.4, -0.2) is 21.6 Å². The van der Waals surface area contributed by atoms with Crippen LogP contribution in [-0.2, 0) is 11.2 Å². The predicted octanol–water partition coefficient (Wildman–Crippen LogP) is 0.302. The van der Waals surface area contributed by atoms with E-state index >= 15 is 0 Å². The van der Waals surface area contributed by atoms with Gasteiger partial charge in [-0.25, -0.2) is 5.10 Å². The van der Waals surface area contributed by atoms with Gasteiger partial charge < -0.3 is 5.11 Å². The maximum absolute atomic E-state index is 10.2. The zero-order valence-corrected chi connectivity index (χ0v) is 5.79. The largest absolute Gasteiger partial charge is 0.493 e. The molecule has 2 N–H and O–H groups in total. The number of hydrogen-bond acceptors (Lipinski definition) is 3. The van der Waals surface area contributed by atoms with Crippen molar-refractivity contribution in [3.8, 4) is 5.88 Å². The van der Waals surface area contributed by atoms with E-state index in [0.29, 0.717) is 12.1 Å². The molecule has 1 rings (SSSR count). The minimum Gasteiger partial charge on any atom is -0.493 e. The van der Waals surface area contributed by atoms with Crippen LogP contribution in [0, 0.1) is 0 Å². The molecular formula is C7H7N2O2. The Bertz CT molecular complexity index is 278. The molecule has 1 aromatic heterocycles. The van der Waals surface area contributed by atoms with Crippen molar-refractivity contribution < 1.29 is 9.90 Å². The summed E-state index contributed by atoms with van der Waals surface area (Å²) in [5, 5.41) is 14.9. The topological polar surface area (TPSA) is 66.0 Å². The zero-order valence-electron chi connectivity index (χ0n) is 5.79. The third-order valence-corrected chi connectivity index (χ3v) is 1.26. The van der Waals surface area contributed by atoms with E-state index in [-0.39, 0.29) is 11.4 Å². The monoisotopic (exact) mass is 151 g/mol. The third kappa shape index (κ3) is 1.29. The first-order chi connectivity index (χ1) is 5.29. The lowest BCUT2D eigenvalue weighted by Gasteiger charge is -1.86. The summed E-state index contributed by atoms with van der Waals surface area (Å²) >= 11 is 0. The van der Waals surface area contributed by atoms with E-state index in [9.17, 15) is 4.79 Å². The van der Waals surface area contributed by atoms with Crippen LogP contribution in [0.1, 0.15) is 11.3 Å². The van der Waals surface area contributed by atoms with E-state index in [1.807, 2.05) is 0 Å². The van der Waals surface area contributed by atoms with Gasteiger partial charge >= 0.3 is 0 Å². The molecule has 0 saturated heterocycles. The van der Waals surface area contributed by atoms with Gasteiger partial charge in [0.05, 0.1) is 5.69 Å². The molecule has 0 amide bonds. The number of allylic oxidation sites excluding steroid dienone is 1. The molecule has 0 aliphatic carbocycles. The van der Waals surface area contributed by atoms with E-state index in [1.165, 1.54) is 0 Å². The smallest absolute Gasteiger partial charge is 0.241 e. The summed E-state index contributed by atoms with van der Waals surface area (Å²) in [4.78, 5) is 10.2. The quantitative estimate of drug-likeness (QED) is 0.610. The summed E-state index contributed by atoms with van der Waals surface area (Å²) in [5.74, 6) is -0.239. The lowest BCUT2D eigenvalue weighted by atomic mass is 10.2. The van der Waals surface area contributed by atoms with E-state index in [2.05, 4.69) is 16.8 Å². The highest BCUT2D eigenvalue weighted by molar-refractivity contribution is 5.80. The highest BCUT2D eigenvalue weighted by atomic mass is 16.3. The van der Waals surface area contributed by atoms with Crippen molar-refractivity contribution in [1.29, 1.82) is 0 Å². The summed E-state index contributed by atoms with van der Waals surface area (Å²) in [5.41, 5.74) is 0.553. The second kappa shape index (κ2) is 3.01. The molecule has 1 aromatic rings. The SMILES string of the molecule is C=CCc1n[nH]c(O)c1[C]=O. The molecule has 0 fully saturated rings. The lowest BCUT2D eigenvalue weighted by molar-refractivity contribution is 0.449. The maximum atomic E-state index is 10.2. The fourth-order valence-electron chi connectivity index (χ4n) is 0.761. The summed E-state index contributed by atoms with van der Waals surface area (Å²) in [6.45, 7) is 3.48. The molecule has 1 radical (unpaired) electrons. The van der Waals surface area contributed by atoms with E-state index < -0.39 is 0 Å². The standard InChI is InChI=1S/C7H7N2O2/c1-2-3-6-5(4-10)7(11)9-8-6/h2H,1,3H2,(H2,8,9,11). The molecule has 0 bridgehead atoms. The number of nitrogens with one attached hydrogen (secondary N) is 1. The zero-order chi connectivity index (χ0) is 8.27. The number of hydrogen-bond donors (Lipinski definition) is 2. The fraction of sp³-hybridized carbons (Fsp3) is 0.143. The van der Waals surface area contributed by atoms with E-state index in [4.69, 9.17) is 5.11 Å². The van der Waals surface area contributed by atoms with Gasteiger partial charge in [-0.15, -0.1) is 6.58 Å². The summed E-state index contributed by atoms with van der Waals surface area (Å²) in [7, 11) is 0. The molecule has 57 valence electrons. The molecule has 0 saturated carbocycles. The molecule has 1 heterocycles. The summed E-state index contributed by atoms with van der Waals surface area (Å²) in [6.07, 6.45) is 3.63. The highest BCUT2D eigenvalue weighted by Gasteiger charge is 2.09. The second-order valence-corrected chi connectivity index (χ2v) is 1.99. The molecule has 0 spiro atoms. The molecule has 4 heteroatoms. The van der Waals surface area contributed by atoms with Crippen molar-refractivity contribution in [2.75, 3.05) is 0 Å². The Labute approximate surface area is 63.6 Å². The van der Waals surface area contributed by atoms with Crippen molar-refractivity contribution in [2.45, 2.75) is 6.42 Å². The number of aromatic amines is 1. The number of H-pyrrole nitrogens is 1. The van der Waals surface area contributed by atoms with Crippen LogP contribution in [0.15, 0.2) is 12.7 Å². The third-order valence-electron chi connectivity index (χ3n) is 1.26. The van der Waals surface area contributed by atoms with Crippen LogP contribution in [0.25, 0.3) is 0 Å². The second-order valence-electron chi connectivity index (χ2n) is 1.99. The van der Waals surface area contributed by atoms with Gasteiger partial charge in [0.1, 0.15) is 5.56 Å². The molecule has 4 nitrogen and oxygen atoms in total. The van der Waals surface area contributed by atoms with Crippen LogP contribution >= 0.6 is 0 Å². The molecule has 0 aliphatic heterocycles. The molecular weight excluding hydrogens is 144 g/mol. The maximum Gasteiger partial charge on any atom is 0.241 e. The van der Waals surface area contributed by atoms with Gasteiger partial charge in [0.25, 0.3) is 0 Å². The molecule has 0 aliphatic rings. The van der Waals surface area contributed by atoms with Crippen LogP contribution in [0.2, 0.25) is 0 Å². The van der Waals surface area contributed by atoms with Gasteiger partial charge in [0, 0.05) is 6.42 Å². The Morgan fingerprint density at radius 3 is 3.09 bits per heavy atom. The van der Waals surface area contributed by atoms with Crippen molar-refractivity contribution in [1.82, 2.24) is 10.2 Å². The molecule has 11 heavy (non-hydrogen) atoms. The van der Waals surface area contributed by atoms with Crippen molar-refractivity contribution in [2.24, 2.45) is 0 Å². The van der Waals surface area contributed by atoms with Gasteiger partial charge in [-0.2, -0.15) is 5.10 Å². The van der Waals surface area contributed by atoms with Gasteiger partial charge in [0.2, 0.25) is 12.2 Å². The predicted molar refractivity (Wildman–Crippen MR) is 38.9 cm³/mol. The van der Waals surface area contributed by atoms with Crippen molar-refractivity contribution in [3.05, 3.63) is 23.9 Å². The Balaban J connectivity index is 3.04. The van der Waals surface area contributed by atoms with Gasteiger partial charge in [-0.1, -0.05) is 6.08 Å². The first kappa shape index (κ1) is 7.53. The fourth-order valence-corrected chi connectivity index (χ4v) is 0.761. The number of aromatic hydroxyl groups is 1. The van der Waals surface area contributed by atoms with E-state index in [1.54, 1.807) is 12.4 Å². The minimum absolute atomic E-state index is 0.0879. The molecule has 0 atom stereocenters.